The molecule has 0 amide bonds. The summed E-state index contributed by atoms with van der Waals surface area (Å²) in [7, 11) is 0. The van der Waals surface area contributed by atoms with Crippen LogP contribution in [0.25, 0.3) is 0 Å². The summed E-state index contributed by atoms with van der Waals surface area (Å²) in [5.41, 5.74) is 6.69. The zero-order chi connectivity index (χ0) is 11.5. The van der Waals surface area contributed by atoms with Gasteiger partial charge in [-0.2, -0.15) is 13.2 Å². The highest BCUT2D eigenvalue weighted by Crippen LogP contribution is 2.22. The van der Waals surface area contributed by atoms with Crippen molar-refractivity contribution in [1.82, 2.24) is 0 Å². The Bertz CT molecular complexity index is 320. The van der Waals surface area contributed by atoms with Gasteiger partial charge in [-0.3, -0.25) is 0 Å². The first-order valence-electron chi connectivity index (χ1n) is 4.84. The molecule has 0 aromatic heterocycles. The lowest BCUT2D eigenvalue weighted by atomic mass is 9.99. The third-order valence-electron chi connectivity index (χ3n) is 2.36. The summed E-state index contributed by atoms with van der Waals surface area (Å²) in [6.07, 6.45) is -3.74. The second kappa shape index (κ2) is 4.66. The van der Waals surface area contributed by atoms with E-state index in [2.05, 4.69) is 0 Å². The third kappa shape index (κ3) is 3.23. The predicted octanol–water partition coefficient (Wildman–Crippen LogP) is 2.68. The Balaban J connectivity index is 2.80. The Morgan fingerprint density at radius 1 is 1.20 bits per heavy atom. The quantitative estimate of drug-likeness (QED) is 0.827. The fraction of sp³-hybridized carbons (Fsp3) is 0.455. The van der Waals surface area contributed by atoms with Crippen molar-refractivity contribution in [2.45, 2.75) is 32.0 Å². The lowest BCUT2D eigenvalue weighted by molar-refractivity contribution is -0.147. The molecular formula is C11H14F3N. The van der Waals surface area contributed by atoms with Crippen LogP contribution < -0.4 is 5.73 Å². The van der Waals surface area contributed by atoms with Crippen LogP contribution in [-0.4, -0.2) is 12.2 Å². The van der Waals surface area contributed by atoms with Gasteiger partial charge in [-0.1, -0.05) is 31.2 Å². The summed E-state index contributed by atoms with van der Waals surface area (Å²) in [4.78, 5) is 0. The van der Waals surface area contributed by atoms with E-state index in [0.29, 0.717) is 5.56 Å². The summed E-state index contributed by atoms with van der Waals surface area (Å²) >= 11 is 0. The van der Waals surface area contributed by atoms with Crippen LogP contribution in [-0.2, 0) is 12.8 Å². The van der Waals surface area contributed by atoms with Crippen LogP contribution in [0.2, 0.25) is 0 Å². The van der Waals surface area contributed by atoms with E-state index in [9.17, 15) is 13.2 Å². The summed E-state index contributed by atoms with van der Waals surface area (Å²) in [5.74, 6) is 0. The SMILES string of the molecule is CCc1ccccc1CC(N)C(F)(F)F. The van der Waals surface area contributed by atoms with E-state index in [1.165, 1.54) is 0 Å². The van der Waals surface area contributed by atoms with E-state index < -0.39 is 12.2 Å². The molecule has 0 saturated heterocycles. The first kappa shape index (κ1) is 12.0. The van der Waals surface area contributed by atoms with Gasteiger partial charge < -0.3 is 5.73 Å². The number of hydrogen-bond donors (Lipinski definition) is 1. The summed E-state index contributed by atoms with van der Waals surface area (Å²) < 4.78 is 36.7. The average Bonchev–Trinajstić information content (AvgIpc) is 2.17. The van der Waals surface area contributed by atoms with Gasteiger partial charge >= 0.3 is 6.18 Å². The molecule has 0 aliphatic heterocycles. The average molecular weight is 217 g/mol. The maximum atomic E-state index is 12.2. The van der Waals surface area contributed by atoms with Crippen molar-refractivity contribution in [1.29, 1.82) is 0 Å². The highest BCUT2D eigenvalue weighted by Gasteiger charge is 2.36. The van der Waals surface area contributed by atoms with Crippen molar-refractivity contribution in [2.24, 2.45) is 5.73 Å². The monoisotopic (exact) mass is 217 g/mol. The van der Waals surface area contributed by atoms with Crippen molar-refractivity contribution in [2.75, 3.05) is 0 Å². The maximum Gasteiger partial charge on any atom is 0.403 e. The van der Waals surface area contributed by atoms with Gasteiger partial charge in [-0.25, -0.2) is 0 Å². The molecule has 0 heterocycles. The number of rotatable bonds is 3. The van der Waals surface area contributed by atoms with Crippen LogP contribution in [0.5, 0.6) is 0 Å². The smallest absolute Gasteiger partial charge is 0.320 e. The predicted molar refractivity (Wildman–Crippen MR) is 53.6 cm³/mol. The van der Waals surface area contributed by atoms with Gasteiger partial charge in [0.05, 0.1) is 0 Å². The topological polar surface area (TPSA) is 26.0 Å². The number of aryl methyl sites for hydroxylation is 1. The molecule has 1 aromatic rings. The minimum atomic E-state index is -4.32. The first-order chi connectivity index (χ1) is 6.95. The normalized spacial score (nSPS) is 13.9. The molecule has 1 rings (SSSR count). The molecule has 0 radical (unpaired) electrons. The molecular weight excluding hydrogens is 203 g/mol. The van der Waals surface area contributed by atoms with Crippen molar-refractivity contribution >= 4 is 0 Å². The molecule has 0 aliphatic carbocycles. The van der Waals surface area contributed by atoms with Crippen molar-refractivity contribution < 1.29 is 13.2 Å². The van der Waals surface area contributed by atoms with Gasteiger partial charge in [0.15, 0.2) is 0 Å². The van der Waals surface area contributed by atoms with E-state index in [1.807, 2.05) is 19.1 Å². The number of alkyl halides is 3. The maximum absolute atomic E-state index is 12.2. The van der Waals surface area contributed by atoms with Crippen molar-refractivity contribution in [3.8, 4) is 0 Å². The van der Waals surface area contributed by atoms with Crippen LogP contribution >= 0.6 is 0 Å². The van der Waals surface area contributed by atoms with Gasteiger partial charge in [-0.05, 0) is 24.0 Å². The van der Waals surface area contributed by atoms with Crippen molar-refractivity contribution in [3.05, 3.63) is 35.4 Å². The summed E-state index contributed by atoms with van der Waals surface area (Å²) in [6, 6.07) is 5.31. The second-order valence-corrected chi connectivity index (χ2v) is 3.47. The molecule has 0 spiro atoms. The summed E-state index contributed by atoms with van der Waals surface area (Å²) in [6.45, 7) is 1.91. The molecule has 1 unspecified atom stereocenters. The zero-order valence-corrected chi connectivity index (χ0v) is 8.51. The Hall–Kier alpha value is -1.03. The molecule has 0 bridgehead atoms. The van der Waals surface area contributed by atoms with Gasteiger partial charge in [0.25, 0.3) is 0 Å². The van der Waals surface area contributed by atoms with E-state index >= 15 is 0 Å². The number of nitrogens with two attached hydrogens (primary N) is 1. The van der Waals surface area contributed by atoms with E-state index in [-0.39, 0.29) is 6.42 Å². The fourth-order valence-corrected chi connectivity index (χ4v) is 1.45. The Morgan fingerprint density at radius 3 is 2.20 bits per heavy atom. The van der Waals surface area contributed by atoms with Gasteiger partial charge in [-0.15, -0.1) is 0 Å². The molecule has 4 heteroatoms. The standard InChI is InChI=1S/C11H14F3N/c1-2-8-5-3-4-6-9(8)7-10(15)11(12,13)14/h3-6,10H,2,7,15H2,1H3. The molecule has 15 heavy (non-hydrogen) atoms. The van der Waals surface area contributed by atoms with Crippen LogP contribution in [0.4, 0.5) is 13.2 Å². The number of halogens is 3. The van der Waals surface area contributed by atoms with E-state index in [1.54, 1.807) is 12.1 Å². The minimum Gasteiger partial charge on any atom is -0.320 e. The molecule has 1 aromatic carbocycles. The fourth-order valence-electron chi connectivity index (χ4n) is 1.45. The van der Waals surface area contributed by atoms with Crippen LogP contribution in [0.3, 0.4) is 0 Å². The van der Waals surface area contributed by atoms with Gasteiger partial charge in [0.2, 0.25) is 0 Å². The Kier molecular flexibility index (Phi) is 3.74. The molecule has 84 valence electrons. The van der Waals surface area contributed by atoms with Crippen LogP contribution in [0, 0.1) is 0 Å². The molecule has 0 aliphatic rings. The second-order valence-electron chi connectivity index (χ2n) is 3.47. The molecule has 1 atom stereocenters. The van der Waals surface area contributed by atoms with Crippen LogP contribution in [0.15, 0.2) is 24.3 Å². The van der Waals surface area contributed by atoms with Gasteiger partial charge in [0, 0.05) is 0 Å². The lowest BCUT2D eigenvalue weighted by Crippen LogP contribution is -2.39. The van der Waals surface area contributed by atoms with Gasteiger partial charge in [0.1, 0.15) is 6.04 Å². The first-order valence-corrected chi connectivity index (χ1v) is 4.84. The van der Waals surface area contributed by atoms with E-state index in [0.717, 1.165) is 12.0 Å². The third-order valence-corrected chi connectivity index (χ3v) is 2.36. The summed E-state index contributed by atoms with van der Waals surface area (Å²) in [5, 5.41) is 0. The molecule has 1 nitrogen and oxygen atoms in total. The Morgan fingerprint density at radius 2 is 1.73 bits per heavy atom. The molecule has 0 fully saturated rings. The minimum absolute atomic E-state index is 0.145. The Labute approximate surface area is 87.1 Å². The van der Waals surface area contributed by atoms with E-state index in [4.69, 9.17) is 5.73 Å². The van der Waals surface area contributed by atoms with Crippen LogP contribution in [0.1, 0.15) is 18.1 Å². The largest absolute Gasteiger partial charge is 0.403 e. The number of hydrogen-bond acceptors (Lipinski definition) is 1. The lowest BCUT2D eigenvalue weighted by Gasteiger charge is -2.17. The zero-order valence-electron chi connectivity index (χ0n) is 8.51. The molecule has 0 saturated carbocycles. The molecule has 2 N–H and O–H groups in total. The number of benzene rings is 1. The van der Waals surface area contributed by atoms with Crippen molar-refractivity contribution in [3.63, 3.8) is 0 Å². The highest BCUT2D eigenvalue weighted by atomic mass is 19.4. The highest BCUT2D eigenvalue weighted by molar-refractivity contribution is 5.28.